The molecule has 0 bridgehead atoms. The van der Waals surface area contributed by atoms with Gasteiger partial charge in [-0.15, -0.1) is 0 Å². The van der Waals surface area contributed by atoms with E-state index in [2.05, 4.69) is 20.8 Å². The van der Waals surface area contributed by atoms with Gasteiger partial charge in [0.15, 0.2) is 18.1 Å². The SMILES string of the molecule is CCn1cc(NC(=O)c2ccn(COc3ccc(Cl)cc3Cl)n2)c(C(=O)NC)n1. The van der Waals surface area contributed by atoms with Crippen LogP contribution in [0, 0.1) is 0 Å². The summed E-state index contributed by atoms with van der Waals surface area (Å²) in [4.78, 5) is 24.5. The van der Waals surface area contributed by atoms with Crippen LogP contribution < -0.4 is 15.4 Å². The van der Waals surface area contributed by atoms with Crippen molar-refractivity contribution >= 4 is 40.7 Å². The molecule has 3 rings (SSSR count). The second-order valence-corrected chi connectivity index (χ2v) is 6.71. The third-order valence-corrected chi connectivity index (χ3v) is 4.43. The predicted molar refractivity (Wildman–Crippen MR) is 109 cm³/mol. The lowest BCUT2D eigenvalue weighted by atomic mass is 10.3. The van der Waals surface area contributed by atoms with Crippen LogP contribution in [0.15, 0.2) is 36.7 Å². The number of amides is 2. The molecule has 3 aromatic rings. The van der Waals surface area contributed by atoms with Gasteiger partial charge in [0.05, 0.1) is 10.7 Å². The number of benzene rings is 1. The first kappa shape index (κ1) is 20.7. The predicted octanol–water partition coefficient (Wildman–Crippen LogP) is 3.05. The van der Waals surface area contributed by atoms with Gasteiger partial charge in [-0.05, 0) is 31.2 Å². The van der Waals surface area contributed by atoms with Crippen LogP contribution in [0.5, 0.6) is 5.75 Å². The maximum absolute atomic E-state index is 12.5. The highest BCUT2D eigenvalue weighted by molar-refractivity contribution is 6.35. The molecule has 2 N–H and O–H groups in total. The van der Waals surface area contributed by atoms with Gasteiger partial charge in [-0.3, -0.25) is 14.3 Å². The van der Waals surface area contributed by atoms with Gasteiger partial charge in [-0.25, -0.2) is 4.68 Å². The normalized spacial score (nSPS) is 10.6. The van der Waals surface area contributed by atoms with Gasteiger partial charge in [0.1, 0.15) is 5.75 Å². The lowest BCUT2D eigenvalue weighted by molar-refractivity contribution is 0.0958. The highest BCUT2D eigenvalue weighted by Gasteiger charge is 2.19. The minimum Gasteiger partial charge on any atom is -0.470 e. The fraction of sp³-hybridized carbons (Fsp3) is 0.222. The number of carbonyl (C=O) groups is 2. The van der Waals surface area contributed by atoms with Gasteiger partial charge in [0.25, 0.3) is 11.8 Å². The Labute approximate surface area is 176 Å². The molecule has 0 atom stereocenters. The second kappa shape index (κ2) is 8.97. The summed E-state index contributed by atoms with van der Waals surface area (Å²) < 4.78 is 8.58. The molecule has 0 unspecified atom stereocenters. The lowest BCUT2D eigenvalue weighted by Crippen LogP contribution is -2.22. The number of hydrogen-bond acceptors (Lipinski definition) is 5. The molecular weight excluding hydrogens is 419 g/mol. The molecule has 0 aliphatic carbocycles. The first-order chi connectivity index (χ1) is 13.9. The summed E-state index contributed by atoms with van der Waals surface area (Å²) >= 11 is 11.9. The number of carbonyl (C=O) groups excluding carboxylic acids is 2. The van der Waals surface area contributed by atoms with E-state index in [1.54, 1.807) is 35.3 Å². The van der Waals surface area contributed by atoms with E-state index in [9.17, 15) is 9.59 Å². The first-order valence-corrected chi connectivity index (χ1v) is 9.39. The Bertz CT molecular complexity index is 1050. The van der Waals surface area contributed by atoms with Gasteiger partial charge in [-0.2, -0.15) is 10.2 Å². The smallest absolute Gasteiger partial charge is 0.276 e. The van der Waals surface area contributed by atoms with E-state index in [-0.39, 0.29) is 18.1 Å². The molecule has 0 saturated heterocycles. The molecular formula is C18H18Cl2N6O3. The van der Waals surface area contributed by atoms with Crippen molar-refractivity contribution in [3.63, 3.8) is 0 Å². The van der Waals surface area contributed by atoms with E-state index in [1.165, 1.54) is 17.8 Å². The van der Waals surface area contributed by atoms with Crippen LogP contribution in [0.2, 0.25) is 10.0 Å². The average molecular weight is 437 g/mol. The van der Waals surface area contributed by atoms with Crippen LogP contribution >= 0.6 is 23.2 Å². The minimum atomic E-state index is -0.478. The fourth-order valence-corrected chi connectivity index (χ4v) is 2.89. The summed E-state index contributed by atoms with van der Waals surface area (Å²) in [5, 5.41) is 14.4. The molecule has 0 aliphatic heterocycles. The van der Waals surface area contributed by atoms with E-state index in [4.69, 9.17) is 27.9 Å². The zero-order chi connectivity index (χ0) is 21.0. The number of aryl methyl sites for hydroxylation is 1. The number of halogens is 2. The van der Waals surface area contributed by atoms with Crippen LogP contribution in [0.3, 0.4) is 0 Å². The molecule has 0 fully saturated rings. The molecule has 2 heterocycles. The third kappa shape index (κ3) is 4.87. The molecule has 29 heavy (non-hydrogen) atoms. The Morgan fingerprint density at radius 3 is 2.62 bits per heavy atom. The van der Waals surface area contributed by atoms with Crippen LogP contribution in [0.1, 0.15) is 27.9 Å². The standard InChI is InChI=1S/C18H18Cl2N6O3/c1-3-25-9-14(16(24-25)18(28)21-2)22-17(27)13-6-7-26(23-13)10-29-15-5-4-11(19)8-12(15)20/h4-9H,3,10H2,1-2H3,(H,21,28)(H,22,27). The second-order valence-electron chi connectivity index (χ2n) is 5.87. The Morgan fingerprint density at radius 2 is 1.93 bits per heavy atom. The molecule has 0 saturated carbocycles. The maximum Gasteiger partial charge on any atom is 0.276 e. The molecule has 11 heteroatoms. The Kier molecular flexibility index (Phi) is 6.40. The Morgan fingerprint density at radius 1 is 1.14 bits per heavy atom. The molecule has 0 aliphatic rings. The number of nitrogens with zero attached hydrogens (tertiary/aromatic N) is 4. The molecule has 0 radical (unpaired) electrons. The van der Waals surface area contributed by atoms with Crippen molar-refractivity contribution in [2.24, 2.45) is 0 Å². The van der Waals surface area contributed by atoms with Crippen molar-refractivity contribution in [3.05, 3.63) is 58.1 Å². The van der Waals surface area contributed by atoms with Gasteiger partial charge in [0.2, 0.25) is 0 Å². The van der Waals surface area contributed by atoms with Crippen molar-refractivity contribution in [1.82, 2.24) is 24.9 Å². The Hall–Kier alpha value is -3.04. The zero-order valence-electron chi connectivity index (χ0n) is 15.6. The molecule has 2 amide bonds. The highest BCUT2D eigenvalue weighted by Crippen LogP contribution is 2.27. The average Bonchev–Trinajstić information content (AvgIpc) is 3.33. The first-order valence-electron chi connectivity index (χ1n) is 8.63. The van der Waals surface area contributed by atoms with Crippen molar-refractivity contribution < 1.29 is 14.3 Å². The highest BCUT2D eigenvalue weighted by atomic mass is 35.5. The van der Waals surface area contributed by atoms with Crippen molar-refractivity contribution in [3.8, 4) is 5.75 Å². The summed E-state index contributed by atoms with van der Waals surface area (Å²) in [6.45, 7) is 2.48. The molecule has 2 aromatic heterocycles. The van der Waals surface area contributed by atoms with Gasteiger partial charge < -0.3 is 15.4 Å². The van der Waals surface area contributed by atoms with Crippen LogP contribution in [-0.4, -0.2) is 38.4 Å². The zero-order valence-corrected chi connectivity index (χ0v) is 17.2. The number of rotatable bonds is 7. The van der Waals surface area contributed by atoms with Crippen LogP contribution in [-0.2, 0) is 13.3 Å². The number of anilines is 1. The van der Waals surface area contributed by atoms with E-state index < -0.39 is 11.8 Å². The Balaban J connectivity index is 1.68. The van der Waals surface area contributed by atoms with Crippen LogP contribution in [0.25, 0.3) is 0 Å². The molecule has 1 aromatic carbocycles. The monoisotopic (exact) mass is 436 g/mol. The number of aromatic nitrogens is 4. The van der Waals surface area contributed by atoms with Gasteiger partial charge in [-0.1, -0.05) is 23.2 Å². The van der Waals surface area contributed by atoms with Crippen molar-refractivity contribution in [2.45, 2.75) is 20.2 Å². The van der Waals surface area contributed by atoms with Crippen LogP contribution in [0.4, 0.5) is 5.69 Å². The molecule has 0 spiro atoms. The summed E-state index contributed by atoms with van der Waals surface area (Å²) in [5.41, 5.74) is 0.584. The van der Waals surface area contributed by atoms with Gasteiger partial charge >= 0.3 is 0 Å². The topological polar surface area (TPSA) is 103 Å². The third-order valence-electron chi connectivity index (χ3n) is 3.90. The van der Waals surface area contributed by atoms with E-state index in [1.807, 2.05) is 6.92 Å². The largest absolute Gasteiger partial charge is 0.470 e. The summed E-state index contributed by atoms with van der Waals surface area (Å²) in [7, 11) is 1.49. The number of ether oxygens (including phenoxy) is 1. The van der Waals surface area contributed by atoms with Gasteiger partial charge in [0, 0.05) is 31.0 Å². The van der Waals surface area contributed by atoms with E-state index in [0.29, 0.717) is 28.0 Å². The summed E-state index contributed by atoms with van der Waals surface area (Å²) in [6.07, 6.45) is 3.18. The maximum atomic E-state index is 12.5. The summed E-state index contributed by atoms with van der Waals surface area (Å²) in [5.74, 6) is -0.430. The van der Waals surface area contributed by atoms with Crippen molar-refractivity contribution in [2.75, 3.05) is 12.4 Å². The molecule has 9 nitrogen and oxygen atoms in total. The number of nitrogens with one attached hydrogen (secondary N) is 2. The minimum absolute atomic E-state index is 0.0475. The van der Waals surface area contributed by atoms with E-state index >= 15 is 0 Å². The lowest BCUT2D eigenvalue weighted by Gasteiger charge is -2.08. The summed E-state index contributed by atoms with van der Waals surface area (Å²) in [6, 6.07) is 6.41. The fourth-order valence-electron chi connectivity index (χ4n) is 2.43. The number of hydrogen-bond donors (Lipinski definition) is 2. The van der Waals surface area contributed by atoms with E-state index in [0.717, 1.165) is 0 Å². The quantitative estimate of drug-likeness (QED) is 0.592. The van der Waals surface area contributed by atoms with Crippen molar-refractivity contribution in [1.29, 1.82) is 0 Å². The molecule has 152 valence electrons.